The molecule has 0 fully saturated rings. The predicted octanol–water partition coefficient (Wildman–Crippen LogP) is 2.41. The second kappa shape index (κ2) is 3.25. The SMILES string of the molecule is O=C(O)CC1C=Cc2cc(F)ccc21. The summed E-state index contributed by atoms with van der Waals surface area (Å²) in [5, 5.41) is 8.65. The lowest BCUT2D eigenvalue weighted by atomic mass is 9.98. The standard InChI is InChI=1S/C11H9FO2/c12-9-3-4-10-7(5-9)1-2-8(10)6-11(13)14/h1-5,8H,6H2,(H,13,14). The molecule has 1 aromatic carbocycles. The van der Waals surface area contributed by atoms with Gasteiger partial charge in [0.25, 0.3) is 0 Å². The summed E-state index contributed by atoms with van der Waals surface area (Å²) in [7, 11) is 0. The van der Waals surface area contributed by atoms with Crippen molar-refractivity contribution in [3.05, 3.63) is 41.2 Å². The molecule has 0 saturated heterocycles. The van der Waals surface area contributed by atoms with Gasteiger partial charge in [0.15, 0.2) is 0 Å². The fourth-order valence-corrected chi connectivity index (χ4v) is 1.72. The molecule has 0 bridgehead atoms. The fraction of sp³-hybridized carbons (Fsp3) is 0.182. The van der Waals surface area contributed by atoms with E-state index < -0.39 is 5.97 Å². The first kappa shape index (κ1) is 8.94. The Balaban J connectivity index is 2.31. The van der Waals surface area contributed by atoms with Crippen LogP contribution in [0.2, 0.25) is 0 Å². The van der Waals surface area contributed by atoms with Crippen LogP contribution >= 0.6 is 0 Å². The van der Waals surface area contributed by atoms with Gasteiger partial charge in [-0.15, -0.1) is 0 Å². The Hall–Kier alpha value is -1.64. The molecule has 72 valence electrons. The Morgan fingerprint density at radius 2 is 2.29 bits per heavy atom. The van der Waals surface area contributed by atoms with Crippen LogP contribution in [0.4, 0.5) is 4.39 Å². The summed E-state index contributed by atoms with van der Waals surface area (Å²) in [6.07, 6.45) is 3.64. The monoisotopic (exact) mass is 192 g/mol. The molecule has 1 aromatic rings. The second-order valence-electron chi connectivity index (χ2n) is 3.34. The van der Waals surface area contributed by atoms with E-state index in [0.717, 1.165) is 11.1 Å². The van der Waals surface area contributed by atoms with Crippen molar-refractivity contribution in [1.82, 2.24) is 0 Å². The molecule has 1 aliphatic rings. The maximum absolute atomic E-state index is 12.8. The van der Waals surface area contributed by atoms with Crippen LogP contribution in [0.3, 0.4) is 0 Å². The van der Waals surface area contributed by atoms with E-state index in [4.69, 9.17) is 5.11 Å². The van der Waals surface area contributed by atoms with Gasteiger partial charge in [-0.05, 0) is 23.3 Å². The second-order valence-corrected chi connectivity index (χ2v) is 3.34. The van der Waals surface area contributed by atoms with Crippen molar-refractivity contribution in [2.45, 2.75) is 12.3 Å². The molecule has 0 radical (unpaired) electrons. The van der Waals surface area contributed by atoms with Crippen LogP contribution in [0, 0.1) is 5.82 Å². The van der Waals surface area contributed by atoms with Gasteiger partial charge >= 0.3 is 5.97 Å². The van der Waals surface area contributed by atoms with Crippen molar-refractivity contribution >= 4 is 12.0 Å². The first-order valence-corrected chi connectivity index (χ1v) is 4.36. The lowest BCUT2D eigenvalue weighted by Gasteiger charge is -2.07. The number of aliphatic carboxylic acids is 1. The van der Waals surface area contributed by atoms with E-state index in [1.807, 2.05) is 0 Å². The summed E-state index contributed by atoms with van der Waals surface area (Å²) in [6, 6.07) is 4.44. The molecular formula is C11H9FO2. The summed E-state index contributed by atoms with van der Waals surface area (Å²) >= 11 is 0. The Morgan fingerprint density at radius 3 is 3.00 bits per heavy atom. The largest absolute Gasteiger partial charge is 0.481 e. The van der Waals surface area contributed by atoms with E-state index in [9.17, 15) is 9.18 Å². The summed E-state index contributed by atoms with van der Waals surface area (Å²) in [4.78, 5) is 10.5. The molecule has 2 rings (SSSR count). The van der Waals surface area contributed by atoms with Gasteiger partial charge in [-0.3, -0.25) is 4.79 Å². The van der Waals surface area contributed by atoms with Gasteiger partial charge in [0, 0.05) is 5.92 Å². The van der Waals surface area contributed by atoms with Crippen molar-refractivity contribution in [3.63, 3.8) is 0 Å². The first-order valence-electron chi connectivity index (χ1n) is 4.36. The average molecular weight is 192 g/mol. The Labute approximate surface area is 80.7 Å². The van der Waals surface area contributed by atoms with E-state index >= 15 is 0 Å². The maximum atomic E-state index is 12.8. The lowest BCUT2D eigenvalue weighted by Crippen LogP contribution is -2.02. The third-order valence-corrected chi connectivity index (χ3v) is 2.35. The molecule has 1 atom stereocenters. The number of hydrogen-bond donors (Lipinski definition) is 1. The number of fused-ring (bicyclic) bond motifs is 1. The highest BCUT2D eigenvalue weighted by Gasteiger charge is 2.19. The number of carboxylic acids is 1. The highest BCUT2D eigenvalue weighted by Crippen LogP contribution is 2.32. The molecule has 1 unspecified atom stereocenters. The van der Waals surface area contributed by atoms with Crippen LogP contribution in [0.15, 0.2) is 24.3 Å². The summed E-state index contributed by atoms with van der Waals surface area (Å²) in [6.45, 7) is 0. The molecular weight excluding hydrogens is 183 g/mol. The summed E-state index contributed by atoms with van der Waals surface area (Å²) < 4.78 is 12.8. The van der Waals surface area contributed by atoms with Gasteiger partial charge in [0.1, 0.15) is 5.82 Å². The van der Waals surface area contributed by atoms with Gasteiger partial charge < -0.3 is 5.11 Å². The molecule has 1 N–H and O–H groups in total. The highest BCUT2D eigenvalue weighted by molar-refractivity contribution is 5.72. The molecule has 14 heavy (non-hydrogen) atoms. The summed E-state index contributed by atoms with van der Waals surface area (Å²) in [5.41, 5.74) is 1.69. The fourth-order valence-electron chi connectivity index (χ4n) is 1.72. The van der Waals surface area contributed by atoms with E-state index in [2.05, 4.69) is 0 Å². The Kier molecular flexibility index (Phi) is 2.08. The van der Waals surface area contributed by atoms with E-state index in [1.54, 1.807) is 18.2 Å². The molecule has 0 aromatic heterocycles. The number of carbonyl (C=O) groups is 1. The number of hydrogen-bond acceptors (Lipinski definition) is 1. The van der Waals surface area contributed by atoms with Crippen LogP contribution in [0.5, 0.6) is 0 Å². The zero-order chi connectivity index (χ0) is 10.1. The number of benzene rings is 1. The Bertz CT molecular complexity index is 410. The molecule has 0 aliphatic heterocycles. The lowest BCUT2D eigenvalue weighted by molar-refractivity contribution is -0.137. The molecule has 0 saturated carbocycles. The first-order chi connectivity index (χ1) is 6.66. The van der Waals surface area contributed by atoms with Crippen molar-refractivity contribution in [2.24, 2.45) is 0 Å². The molecule has 1 aliphatic carbocycles. The van der Waals surface area contributed by atoms with Gasteiger partial charge in [-0.2, -0.15) is 0 Å². The van der Waals surface area contributed by atoms with Crippen molar-refractivity contribution in [2.75, 3.05) is 0 Å². The summed E-state index contributed by atoms with van der Waals surface area (Å²) in [5.74, 6) is -1.23. The smallest absolute Gasteiger partial charge is 0.304 e. The molecule has 2 nitrogen and oxygen atoms in total. The van der Waals surface area contributed by atoms with Crippen molar-refractivity contribution in [1.29, 1.82) is 0 Å². The number of allylic oxidation sites excluding steroid dienone is 1. The van der Waals surface area contributed by atoms with Crippen molar-refractivity contribution < 1.29 is 14.3 Å². The molecule has 0 heterocycles. The number of carboxylic acid groups (broad SMARTS) is 1. The predicted molar refractivity (Wildman–Crippen MR) is 50.4 cm³/mol. The van der Waals surface area contributed by atoms with Crippen LogP contribution in [-0.2, 0) is 4.79 Å². The molecule has 0 spiro atoms. The normalized spacial score (nSPS) is 18.2. The Morgan fingerprint density at radius 1 is 1.50 bits per heavy atom. The minimum absolute atomic E-state index is 0.0646. The molecule has 0 amide bonds. The van der Waals surface area contributed by atoms with E-state index in [-0.39, 0.29) is 18.2 Å². The third-order valence-electron chi connectivity index (χ3n) is 2.35. The minimum Gasteiger partial charge on any atom is -0.481 e. The third kappa shape index (κ3) is 1.53. The van der Waals surface area contributed by atoms with Crippen LogP contribution in [-0.4, -0.2) is 11.1 Å². The number of halogens is 1. The highest BCUT2D eigenvalue weighted by atomic mass is 19.1. The van der Waals surface area contributed by atoms with Crippen molar-refractivity contribution in [3.8, 4) is 0 Å². The maximum Gasteiger partial charge on any atom is 0.304 e. The quantitative estimate of drug-likeness (QED) is 0.781. The van der Waals surface area contributed by atoms with Crippen LogP contribution in [0.25, 0.3) is 6.08 Å². The van der Waals surface area contributed by atoms with Crippen LogP contribution in [0.1, 0.15) is 23.5 Å². The van der Waals surface area contributed by atoms with Gasteiger partial charge in [0.2, 0.25) is 0 Å². The van der Waals surface area contributed by atoms with Gasteiger partial charge in [-0.1, -0.05) is 18.2 Å². The zero-order valence-electron chi connectivity index (χ0n) is 7.40. The topological polar surface area (TPSA) is 37.3 Å². The minimum atomic E-state index is -0.836. The molecule has 3 heteroatoms. The number of rotatable bonds is 2. The van der Waals surface area contributed by atoms with Gasteiger partial charge in [0.05, 0.1) is 6.42 Å². The van der Waals surface area contributed by atoms with Gasteiger partial charge in [-0.25, -0.2) is 4.39 Å². The zero-order valence-corrected chi connectivity index (χ0v) is 7.40. The van der Waals surface area contributed by atoms with E-state index in [0.29, 0.717) is 0 Å². The average Bonchev–Trinajstić information content (AvgIpc) is 2.47. The van der Waals surface area contributed by atoms with Crippen LogP contribution < -0.4 is 0 Å². The van der Waals surface area contributed by atoms with E-state index in [1.165, 1.54) is 12.1 Å².